The van der Waals surface area contributed by atoms with E-state index in [2.05, 4.69) is 0 Å². The Morgan fingerprint density at radius 3 is 2.42 bits per heavy atom. The van der Waals surface area contributed by atoms with Gasteiger partial charge in [0.15, 0.2) is 0 Å². The summed E-state index contributed by atoms with van der Waals surface area (Å²) in [4.78, 5) is 10.7. The van der Waals surface area contributed by atoms with Crippen molar-refractivity contribution in [3.63, 3.8) is 0 Å². The fraction of sp³-hybridized carbons (Fsp3) is 0.0625. The van der Waals surface area contributed by atoms with Crippen molar-refractivity contribution in [3.05, 3.63) is 65.7 Å². The number of carbonyl (C=O) groups excluding carboxylic acids is 1. The van der Waals surface area contributed by atoms with Crippen LogP contribution in [0.4, 0.5) is 0 Å². The molecule has 96 valence electrons. The van der Waals surface area contributed by atoms with Gasteiger partial charge in [0.1, 0.15) is 0 Å². The number of amides is 1. The van der Waals surface area contributed by atoms with E-state index in [9.17, 15) is 4.79 Å². The second-order valence-corrected chi connectivity index (χ2v) is 4.26. The van der Waals surface area contributed by atoms with E-state index in [0.717, 1.165) is 22.3 Å². The molecule has 19 heavy (non-hydrogen) atoms. The van der Waals surface area contributed by atoms with Crippen molar-refractivity contribution in [2.75, 3.05) is 0 Å². The first-order valence-electron chi connectivity index (χ1n) is 6.06. The highest BCUT2D eigenvalue weighted by atomic mass is 16.1. The number of primary amides is 1. The third-order valence-corrected chi connectivity index (χ3v) is 2.85. The van der Waals surface area contributed by atoms with Gasteiger partial charge in [-0.25, -0.2) is 0 Å². The summed E-state index contributed by atoms with van der Waals surface area (Å²) in [6.07, 6.45) is 3.07. The number of hydrogen-bond donors (Lipinski definition) is 2. The van der Waals surface area contributed by atoms with E-state index in [1.54, 1.807) is 6.08 Å². The second-order valence-electron chi connectivity index (χ2n) is 4.26. The highest BCUT2D eigenvalue weighted by molar-refractivity contribution is 5.90. The van der Waals surface area contributed by atoms with Gasteiger partial charge in [0, 0.05) is 12.6 Å². The Morgan fingerprint density at radius 1 is 1.05 bits per heavy atom. The minimum absolute atomic E-state index is 0.447. The Bertz CT molecular complexity index is 600. The van der Waals surface area contributed by atoms with Gasteiger partial charge in [-0.1, -0.05) is 42.5 Å². The van der Waals surface area contributed by atoms with Gasteiger partial charge in [0.25, 0.3) is 0 Å². The van der Waals surface area contributed by atoms with Crippen LogP contribution in [0.1, 0.15) is 11.1 Å². The van der Waals surface area contributed by atoms with Gasteiger partial charge in [-0.15, -0.1) is 0 Å². The van der Waals surface area contributed by atoms with Crippen molar-refractivity contribution in [1.82, 2.24) is 0 Å². The zero-order chi connectivity index (χ0) is 13.7. The lowest BCUT2D eigenvalue weighted by Crippen LogP contribution is -2.05. The Kier molecular flexibility index (Phi) is 4.11. The minimum atomic E-state index is -0.447. The topological polar surface area (TPSA) is 69.1 Å². The van der Waals surface area contributed by atoms with Gasteiger partial charge < -0.3 is 11.5 Å². The van der Waals surface area contributed by atoms with Gasteiger partial charge in [-0.3, -0.25) is 4.79 Å². The largest absolute Gasteiger partial charge is 0.366 e. The lowest BCUT2D eigenvalue weighted by Gasteiger charge is -2.04. The number of nitrogens with two attached hydrogens (primary N) is 2. The predicted molar refractivity (Wildman–Crippen MR) is 78.0 cm³/mol. The van der Waals surface area contributed by atoms with E-state index in [4.69, 9.17) is 11.5 Å². The molecule has 0 aliphatic rings. The van der Waals surface area contributed by atoms with E-state index in [-0.39, 0.29) is 0 Å². The Hall–Kier alpha value is -2.39. The summed E-state index contributed by atoms with van der Waals surface area (Å²) in [5.41, 5.74) is 14.9. The molecule has 0 spiro atoms. The van der Waals surface area contributed by atoms with E-state index >= 15 is 0 Å². The first kappa shape index (κ1) is 13.1. The summed E-state index contributed by atoms with van der Waals surface area (Å²) in [5.74, 6) is -0.447. The maximum Gasteiger partial charge on any atom is 0.241 e. The maximum atomic E-state index is 10.7. The molecule has 0 saturated heterocycles. The summed E-state index contributed by atoms with van der Waals surface area (Å²) in [6.45, 7) is 0.543. The van der Waals surface area contributed by atoms with Crippen LogP contribution >= 0.6 is 0 Å². The van der Waals surface area contributed by atoms with Gasteiger partial charge >= 0.3 is 0 Å². The molecule has 2 rings (SSSR count). The maximum absolute atomic E-state index is 10.7. The highest BCUT2D eigenvalue weighted by Crippen LogP contribution is 2.21. The van der Waals surface area contributed by atoms with Gasteiger partial charge in [0.2, 0.25) is 5.91 Å². The average Bonchev–Trinajstić information content (AvgIpc) is 2.45. The summed E-state index contributed by atoms with van der Waals surface area (Å²) in [6, 6.07) is 16.0. The zero-order valence-electron chi connectivity index (χ0n) is 10.5. The number of benzene rings is 2. The van der Waals surface area contributed by atoms with Crippen molar-refractivity contribution in [2.24, 2.45) is 11.5 Å². The van der Waals surface area contributed by atoms with E-state index in [0.29, 0.717) is 6.54 Å². The van der Waals surface area contributed by atoms with Crippen LogP contribution in [-0.4, -0.2) is 5.91 Å². The molecule has 0 aliphatic carbocycles. The van der Waals surface area contributed by atoms with Crippen molar-refractivity contribution in [1.29, 1.82) is 0 Å². The molecule has 0 aliphatic heterocycles. The summed E-state index contributed by atoms with van der Waals surface area (Å²) >= 11 is 0. The molecule has 2 aromatic rings. The van der Waals surface area contributed by atoms with Crippen LogP contribution < -0.4 is 11.5 Å². The molecule has 1 amide bonds. The van der Waals surface area contributed by atoms with Crippen LogP contribution in [-0.2, 0) is 11.3 Å². The molecular weight excluding hydrogens is 236 g/mol. The molecule has 0 heterocycles. The molecule has 2 aromatic carbocycles. The van der Waals surface area contributed by atoms with Gasteiger partial charge in [-0.05, 0) is 34.4 Å². The summed E-state index contributed by atoms with van der Waals surface area (Å²) in [5, 5.41) is 0. The van der Waals surface area contributed by atoms with Crippen LogP contribution in [0.3, 0.4) is 0 Å². The van der Waals surface area contributed by atoms with E-state index in [1.807, 2.05) is 48.5 Å². The number of hydrogen-bond acceptors (Lipinski definition) is 2. The van der Waals surface area contributed by atoms with E-state index in [1.165, 1.54) is 6.08 Å². The second kappa shape index (κ2) is 5.98. The van der Waals surface area contributed by atoms with Gasteiger partial charge in [-0.2, -0.15) is 0 Å². The van der Waals surface area contributed by atoms with Crippen molar-refractivity contribution >= 4 is 12.0 Å². The van der Waals surface area contributed by atoms with Crippen molar-refractivity contribution in [2.45, 2.75) is 6.54 Å². The zero-order valence-corrected chi connectivity index (χ0v) is 10.5. The van der Waals surface area contributed by atoms with Crippen LogP contribution in [0.2, 0.25) is 0 Å². The molecule has 0 radical (unpaired) electrons. The molecular formula is C16H16N2O. The fourth-order valence-corrected chi connectivity index (χ4v) is 1.83. The molecule has 0 fully saturated rings. The fourth-order valence-electron chi connectivity index (χ4n) is 1.83. The lowest BCUT2D eigenvalue weighted by molar-refractivity contribution is -0.113. The summed E-state index contributed by atoms with van der Waals surface area (Å²) < 4.78 is 0. The molecule has 4 N–H and O–H groups in total. The lowest BCUT2D eigenvalue weighted by atomic mass is 10.0. The average molecular weight is 252 g/mol. The smallest absolute Gasteiger partial charge is 0.241 e. The molecule has 0 bridgehead atoms. The molecule has 0 unspecified atom stereocenters. The molecule has 3 nitrogen and oxygen atoms in total. The highest BCUT2D eigenvalue weighted by Gasteiger charge is 1.98. The molecule has 0 aromatic heterocycles. The third-order valence-electron chi connectivity index (χ3n) is 2.85. The van der Waals surface area contributed by atoms with Crippen LogP contribution in [0.15, 0.2) is 54.6 Å². The number of carbonyl (C=O) groups is 1. The van der Waals surface area contributed by atoms with Crippen molar-refractivity contribution < 1.29 is 4.79 Å². The monoisotopic (exact) mass is 252 g/mol. The number of rotatable bonds is 4. The first-order valence-corrected chi connectivity index (χ1v) is 6.06. The Morgan fingerprint density at radius 2 is 1.79 bits per heavy atom. The Balaban J connectivity index is 2.29. The van der Waals surface area contributed by atoms with Crippen LogP contribution in [0, 0.1) is 0 Å². The predicted octanol–water partition coefficient (Wildman–Crippen LogP) is 2.31. The van der Waals surface area contributed by atoms with Crippen LogP contribution in [0.5, 0.6) is 0 Å². The SMILES string of the molecule is NCc1ccc(-c2cccc(/C=C/C(N)=O)c2)cc1. The van der Waals surface area contributed by atoms with Crippen molar-refractivity contribution in [3.8, 4) is 11.1 Å². The van der Waals surface area contributed by atoms with Crippen LogP contribution in [0.25, 0.3) is 17.2 Å². The normalized spacial score (nSPS) is 10.8. The Labute approximate surface area is 112 Å². The third kappa shape index (κ3) is 3.53. The quantitative estimate of drug-likeness (QED) is 0.820. The minimum Gasteiger partial charge on any atom is -0.366 e. The molecule has 0 atom stereocenters. The first-order chi connectivity index (χ1) is 9.19. The standard InChI is InChI=1S/C16H16N2O/c17-11-13-4-7-14(8-5-13)15-3-1-2-12(10-15)6-9-16(18)19/h1-10H,11,17H2,(H2,18,19)/b9-6+. The van der Waals surface area contributed by atoms with E-state index < -0.39 is 5.91 Å². The molecule has 3 heteroatoms. The van der Waals surface area contributed by atoms with Gasteiger partial charge in [0.05, 0.1) is 0 Å². The molecule has 0 saturated carbocycles. The summed E-state index contributed by atoms with van der Waals surface area (Å²) in [7, 11) is 0.